The van der Waals surface area contributed by atoms with E-state index in [2.05, 4.69) is 20.8 Å². The molecule has 1 aromatic carbocycles. The normalized spacial score (nSPS) is 20.8. The average Bonchev–Trinajstić information content (AvgIpc) is 2.93. The molecular formula is C25H37N3O3. The first-order valence-corrected chi connectivity index (χ1v) is 11.4. The second-order valence-corrected chi connectivity index (χ2v) is 10.9. The number of likely N-dealkylation sites (tertiary alicyclic amines) is 1. The van der Waals surface area contributed by atoms with E-state index < -0.39 is 0 Å². The molecule has 0 saturated carbocycles. The summed E-state index contributed by atoms with van der Waals surface area (Å²) in [6.45, 7) is 15.3. The maximum atomic E-state index is 13.1. The van der Waals surface area contributed by atoms with Crippen molar-refractivity contribution in [2.75, 3.05) is 32.7 Å². The number of carbonyl (C=O) groups excluding carboxylic acids is 3. The third-order valence-corrected chi connectivity index (χ3v) is 6.38. The summed E-state index contributed by atoms with van der Waals surface area (Å²) >= 11 is 0. The molecule has 3 rings (SSSR count). The summed E-state index contributed by atoms with van der Waals surface area (Å²) in [4.78, 5) is 44.0. The van der Waals surface area contributed by atoms with Crippen molar-refractivity contribution >= 4 is 17.7 Å². The van der Waals surface area contributed by atoms with Crippen LogP contribution >= 0.6 is 0 Å². The molecule has 1 unspecified atom stereocenters. The molecule has 2 heterocycles. The molecule has 1 aromatic rings. The van der Waals surface area contributed by atoms with Gasteiger partial charge < -0.3 is 14.7 Å². The van der Waals surface area contributed by atoms with Crippen LogP contribution in [-0.4, -0.2) is 70.7 Å². The largest absolute Gasteiger partial charge is 0.341 e. The topological polar surface area (TPSA) is 60.9 Å². The molecule has 6 nitrogen and oxygen atoms in total. The van der Waals surface area contributed by atoms with Crippen LogP contribution < -0.4 is 0 Å². The van der Waals surface area contributed by atoms with Gasteiger partial charge in [-0.05, 0) is 50.3 Å². The first kappa shape index (κ1) is 23.3. The van der Waals surface area contributed by atoms with Gasteiger partial charge in [-0.25, -0.2) is 0 Å². The third kappa shape index (κ3) is 5.28. The summed E-state index contributed by atoms with van der Waals surface area (Å²) in [6.07, 6.45) is 1.04. The van der Waals surface area contributed by atoms with E-state index in [4.69, 9.17) is 0 Å². The van der Waals surface area contributed by atoms with Crippen LogP contribution in [0.5, 0.6) is 0 Å². The zero-order valence-corrected chi connectivity index (χ0v) is 19.9. The molecule has 0 aliphatic carbocycles. The Bertz CT molecular complexity index is 833. The first-order chi connectivity index (χ1) is 14.4. The molecule has 0 spiro atoms. The van der Waals surface area contributed by atoms with Crippen molar-refractivity contribution in [3.8, 4) is 0 Å². The molecule has 3 amide bonds. The highest BCUT2D eigenvalue weighted by atomic mass is 16.2. The van der Waals surface area contributed by atoms with Crippen molar-refractivity contribution in [2.24, 2.45) is 5.92 Å². The van der Waals surface area contributed by atoms with Crippen LogP contribution in [0, 0.1) is 5.92 Å². The molecular weight excluding hydrogens is 390 g/mol. The van der Waals surface area contributed by atoms with Crippen LogP contribution in [-0.2, 0) is 15.0 Å². The van der Waals surface area contributed by atoms with Gasteiger partial charge in [-0.1, -0.05) is 32.9 Å². The maximum absolute atomic E-state index is 13.1. The van der Waals surface area contributed by atoms with E-state index in [9.17, 15) is 14.4 Å². The van der Waals surface area contributed by atoms with Crippen LogP contribution in [0.3, 0.4) is 0 Å². The summed E-state index contributed by atoms with van der Waals surface area (Å²) in [6, 6.07) is 7.86. The van der Waals surface area contributed by atoms with Gasteiger partial charge in [0.05, 0.1) is 5.92 Å². The summed E-state index contributed by atoms with van der Waals surface area (Å²) in [5.41, 5.74) is 1.67. The van der Waals surface area contributed by atoms with Crippen LogP contribution in [0.4, 0.5) is 0 Å². The lowest BCUT2D eigenvalue weighted by Gasteiger charge is -2.32. The minimum atomic E-state index is -0.279. The van der Waals surface area contributed by atoms with Crippen molar-refractivity contribution in [3.05, 3.63) is 35.4 Å². The lowest BCUT2D eigenvalue weighted by molar-refractivity contribution is -0.135. The molecule has 2 aliphatic heterocycles. The summed E-state index contributed by atoms with van der Waals surface area (Å²) in [5, 5.41) is 0. The van der Waals surface area contributed by atoms with Crippen LogP contribution in [0.25, 0.3) is 0 Å². The second-order valence-electron chi connectivity index (χ2n) is 10.9. The van der Waals surface area contributed by atoms with Crippen LogP contribution in [0.15, 0.2) is 24.3 Å². The van der Waals surface area contributed by atoms with E-state index in [-0.39, 0.29) is 41.0 Å². The Labute approximate surface area is 186 Å². The van der Waals surface area contributed by atoms with Gasteiger partial charge in [0.1, 0.15) is 0 Å². The molecule has 0 N–H and O–H groups in total. The van der Waals surface area contributed by atoms with Crippen LogP contribution in [0.1, 0.15) is 70.3 Å². The molecule has 0 bridgehead atoms. The Kier molecular flexibility index (Phi) is 6.49. The molecule has 0 aromatic heterocycles. The Morgan fingerprint density at radius 2 is 1.45 bits per heavy atom. The Morgan fingerprint density at radius 3 is 2.00 bits per heavy atom. The van der Waals surface area contributed by atoms with Crippen molar-refractivity contribution in [2.45, 2.75) is 65.3 Å². The molecule has 170 valence electrons. The van der Waals surface area contributed by atoms with Gasteiger partial charge in [-0.3, -0.25) is 14.4 Å². The van der Waals surface area contributed by atoms with Crippen molar-refractivity contribution in [1.82, 2.24) is 14.7 Å². The third-order valence-electron chi connectivity index (χ3n) is 6.38. The predicted molar refractivity (Wildman–Crippen MR) is 122 cm³/mol. The van der Waals surface area contributed by atoms with E-state index in [0.717, 1.165) is 6.42 Å². The lowest BCUT2D eigenvalue weighted by Crippen LogP contribution is -2.44. The van der Waals surface area contributed by atoms with Gasteiger partial charge in [0.15, 0.2) is 0 Å². The van der Waals surface area contributed by atoms with E-state index >= 15 is 0 Å². The minimum Gasteiger partial charge on any atom is -0.341 e. The lowest BCUT2D eigenvalue weighted by atomic mass is 9.86. The summed E-state index contributed by atoms with van der Waals surface area (Å²) in [7, 11) is 0. The average molecular weight is 428 g/mol. The minimum absolute atomic E-state index is 0.0183. The molecule has 6 heteroatoms. The Balaban J connectivity index is 1.61. The molecule has 1 atom stereocenters. The van der Waals surface area contributed by atoms with Gasteiger partial charge in [0.25, 0.3) is 5.91 Å². The smallest absolute Gasteiger partial charge is 0.253 e. The number of carbonyl (C=O) groups is 3. The van der Waals surface area contributed by atoms with Crippen molar-refractivity contribution in [3.63, 3.8) is 0 Å². The van der Waals surface area contributed by atoms with E-state index in [1.807, 2.05) is 59.7 Å². The fraction of sp³-hybridized carbons (Fsp3) is 0.640. The van der Waals surface area contributed by atoms with Gasteiger partial charge in [0, 0.05) is 50.2 Å². The molecule has 0 radical (unpaired) electrons. The van der Waals surface area contributed by atoms with E-state index in [0.29, 0.717) is 38.3 Å². The quantitative estimate of drug-likeness (QED) is 0.728. The molecule has 31 heavy (non-hydrogen) atoms. The number of nitrogens with zero attached hydrogens (tertiary/aromatic N) is 3. The monoisotopic (exact) mass is 427 g/mol. The number of hydrogen-bond acceptors (Lipinski definition) is 3. The summed E-state index contributed by atoms with van der Waals surface area (Å²) < 4.78 is 0. The standard InChI is InChI=1S/C25H37N3O3/c1-24(2,3)20-10-8-18(9-11-20)22(30)26-12-7-13-27(15-14-26)23(31)19-16-21(29)28(17-19)25(4,5)6/h8-11,19H,7,12-17H2,1-6H3. The number of hydrogen-bond donors (Lipinski definition) is 0. The van der Waals surface area contributed by atoms with Gasteiger partial charge in [0.2, 0.25) is 11.8 Å². The second kappa shape index (κ2) is 8.64. The Morgan fingerprint density at radius 1 is 0.871 bits per heavy atom. The van der Waals surface area contributed by atoms with Gasteiger partial charge in [-0.2, -0.15) is 0 Å². The highest BCUT2D eigenvalue weighted by Crippen LogP contribution is 2.27. The molecule has 2 aliphatic rings. The van der Waals surface area contributed by atoms with Gasteiger partial charge in [-0.15, -0.1) is 0 Å². The molecule has 2 saturated heterocycles. The van der Waals surface area contributed by atoms with E-state index in [1.54, 1.807) is 0 Å². The fourth-order valence-electron chi connectivity index (χ4n) is 4.42. The zero-order valence-electron chi connectivity index (χ0n) is 19.9. The van der Waals surface area contributed by atoms with E-state index in [1.165, 1.54) is 5.56 Å². The van der Waals surface area contributed by atoms with Crippen molar-refractivity contribution < 1.29 is 14.4 Å². The SMILES string of the molecule is CC(C)(C)c1ccc(C(=O)N2CCCN(C(=O)C3CC(=O)N(C(C)(C)C)C3)CC2)cc1. The summed E-state index contributed by atoms with van der Waals surface area (Å²) in [5.74, 6) is -0.163. The molecule has 2 fully saturated rings. The maximum Gasteiger partial charge on any atom is 0.253 e. The van der Waals surface area contributed by atoms with Crippen LogP contribution in [0.2, 0.25) is 0 Å². The number of amides is 3. The number of rotatable bonds is 2. The number of benzene rings is 1. The predicted octanol–water partition coefficient (Wildman–Crippen LogP) is 3.31. The highest BCUT2D eigenvalue weighted by Gasteiger charge is 2.41. The Hall–Kier alpha value is -2.37. The fourth-order valence-corrected chi connectivity index (χ4v) is 4.42. The highest BCUT2D eigenvalue weighted by molar-refractivity contribution is 5.94. The first-order valence-electron chi connectivity index (χ1n) is 11.4. The van der Waals surface area contributed by atoms with Crippen molar-refractivity contribution in [1.29, 1.82) is 0 Å². The zero-order chi connectivity index (χ0) is 23.0. The van der Waals surface area contributed by atoms with Gasteiger partial charge >= 0.3 is 0 Å².